The van der Waals surface area contributed by atoms with E-state index in [2.05, 4.69) is 10.6 Å². The van der Waals surface area contributed by atoms with Gasteiger partial charge in [-0.15, -0.1) is 11.6 Å². The molecule has 0 spiro atoms. The highest BCUT2D eigenvalue weighted by atomic mass is 35.5. The van der Waals surface area contributed by atoms with Crippen LogP contribution in [0.15, 0.2) is 30.3 Å². The van der Waals surface area contributed by atoms with Gasteiger partial charge in [0.1, 0.15) is 6.04 Å². The highest BCUT2D eigenvalue weighted by Crippen LogP contribution is 2.05. The average Bonchev–Trinajstić information content (AvgIpc) is 2.67. The number of nitrogens with two attached hydrogens (primary N) is 2. The van der Waals surface area contributed by atoms with E-state index in [-0.39, 0.29) is 11.7 Å². The van der Waals surface area contributed by atoms with E-state index in [1.54, 1.807) is 6.92 Å². The van der Waals surface area contributed by atoms with Crippen LogP contribution in [0, 0.1) is 0 Å². The van der Waals surface area contributed by atoms with Gasteiger partial charge in [0.25, 0.3) is 0 Å². The first kappa shape index (κ1) is 23.1. The molecule has 0 fully saturated rings. The molecule has 0 saturated carbocycles. The van der Waals surface area contributed by atoms with E-state index in [1.165, 1.54) is 0 Å². The Morgan fingerprint density at radius 1 is 1.07 bits per heavy atom. The third-order valence-electron chi connectivity index (χ3n) is 4.17. The summed E-state index contributed by atoms with van der Waals surface area (Å²) in [4.78, 5) is 36.5. The van der Waals surface area contributed by atoms with Crippen LogP contribution in [0.2, 0.25) is 0 Å². The van der Waals surface area contributed by atoms with Gasteiger partial charge in [-0.05, 0) is 44.7 Å². The number of Topliss-reactive ketones (excluding diaryl/α,β-unsaturated/α-hetero) is 1. The molecular weight excluding hydrogens is 368 g/mol. The summed E-state index contributed by atoms with van der Waals surface area (Å²) in [5.74, 6) is -1.33. The van der Waals surface area contributed by atoms with Crippen LogP contribution in [0.5, 0.6) is 0 Å². The van der Waals surface area contributed by atoms with Crippen molar-refractivity contribution in [3.8, 4) is 0 Å². The molecule has 0 aliphatic rings. The summed E-state index contributed by atoms with van der Waals surface area (Å²) in [7, 11) is 0. The van der Waals surface area contributed by atoms with Crippen molar-refractivity contribution in [1.82, 2.24) is 10.6 Å². The van der Waals surface area contributed by atoms with Crippen molar-refractivity contribution in [2.45, 2.75) is 50.7 Å². The first-order valence-corrected chi connectivity index (χ1v) is 9.61. The molecule has 0 aromatic heterocycles. The standard InChI is InChI=1S/C19H29ClN4O3/c1-13(18(26)24-16(17(25)12-20)9-5-6-10-21)23-19(27)15(22)11-14-7-3-2-4-8-14/h2-4,7-8,13,15-16H,5-6,9-12,21-22H2,1H3,(H,23,27)(H,24,26)/t13-,15-,16?/m0/s1. The summed E-state index contributed by atoms with van der Waals surface area (Å²) in [6.07, 6.45) is 2.28. The van der Waals surface area contributed by atoms with E-state index < -0.39 is 29.9 Å². The number of benzene rings is 1. The van der Waals surface area contributed by atoms with Gasteiger partial charge in [0, 0.05) is 0 Å². The zero-order valence-electron chi connectivity index (χ0n) is 15.6. The predicted molar refractivity (Wildman–Crippen MR) is 106 cm³/mol. The number of alkyl halides is 1. The van der Waals surface area contributed by atoms with Crippen molar-refractivity contribution in [2.24, 2.45) is 11.5 Å². The van der Waals surface area contributed by atoms with Crippen LogP contribution in [-0.4, -0.2) is 48.1 Å². The maximum Gasteiger partial charge on any atom is 0.242 e. The molecule has 0 bridgehead atoms. The fourth-order valence-corrected chi connectivity index (χ4v) is 2.73. The summed E-state index contributed by atoms with van der Waals surface area (Å²) in [6, 6.07) is 7.11. The van der Waals surface area contributed by atoms with Gasteiger partial charge < -0.3 is 22.1 Å². The van der Waals surface area contributed by atoms with Crippen LogP contribution in [0.25, 0.3) is 0 Å². The number of rotatable bonds is 12. The number of halogens is 1. The zero-order chi connectivity index (χ0) is 20.2. The number of hydrogen-bond donors (Lipinski definition) is 4. The maximum absolute atomic E-state index is 12.3. The second kappa shape index (κ2) is 12.4. The van der Waals surface area contributed by atoms with E-state index in [9.17, 15) is 14.4 Å². The number of hydrogen-bond acceptors (Lipinski definition) is 5. The van der Waals surface area contributed by atoms with Gasteiger partial charge in [0.15, 0.2) is 5.78 Å². The molecule has 0 aliphatic carbocycles. The number of nitrogens with one attached hydrogen (secondary N) is 2. The average molecular weight is 397 g/mol. The molecule has 3 atom stereocenters. The molecule has 7 nitrogen and oxygen atoms in total. The third-order valence-corrected chi connectivity index (χ3v) is 4.43. The lowest BCUT2D eigenvalue weighted by Gasteiger charge is -2.21. The Morgan fingerprint density at radius 2 is 1.74 bits per heavy atom. The summed E-state index contributed by atoms with van der Waals surface area (Å²) in [5, 5.41) is 5.24. The maximum atomic E-state index is 12.3. The normalized spacial score (nSPS) is 14.1. The molecular formula is C19H29ClN4O3. The Labute approximate surface area is 165 Å². The lowest BCUT2D eigenvalue weighted by Crippen LogP contribution is -2.53. The molecule has 150 valence electrons. The quantitative estimate of drug-likeness (QED) is 0.302. The summed E-state index contributed by atoms with van der Waals surface area (Å²) in [6.45, 7) is 2.06. The van der Waals surface area contributed by atoms with Crippen molar-refractivity contribution in [3.05, 3.63) is 35.9 Å². The summed E-state index contributed by atoms with van der Waals surface area (Å²) >= 11 is 5.61. The number of unbranched alkanes of at least 4 members (excludes halogenated alkanes) is 1. The van der Waals surface area contributed by atoms with Gasteiger partial charge in [-0.3, -0.25) is 14.4 Å². The number of amides is 2. The lowest BCUT2D eigenvalue weighted by molar-refractivity contribution is -0.131. The SMILES string of the molecule is C[C@H](NC(=O)[C@@H](N)Cc1ccccc1)C(=O)NC(CCCCN)C(=O)CCl. The Bertz CT molecular complexity index is 612. The van der Waals surface area contributed by atoms with Crippen molar-refractivity contribution in [1.29, 1.82) is 0 Å². The molecule has 0 saturated heterocycles. The molecule has 1 rings (SSSR count). The largest absolute Gasteiger partial charge is 0.344 e. The van der Waals surface area contributed by atoms with Crippen molar-refractivity contribution in [2.75, 3.05) is 12.4 Å². The third kappa shape index (κ3) is 8.51. The van der Waals surface area contributed by atoms with Gasteiger partial charge in [0.05, 0.1) is 18.0 Å². The zero-order valence-corrected chi connectivity index (χ0v) is 16.4. The van der Waals surface area contributed by atoms with Crippen LogP contribution >= 0.6 is 11.6 Å². The highest BCUT2D eigenvalue weighted by molar-refractivity contribution is 6.28. The lowest BCUT2D eigenvalue weighted by atomic mass is 10.0. The molecule has 27 heavy (non-hydrogen) atoms. The number of carbonyl (C=O) groups excluding carboxylic acids is 3. The topological polar surface area (TPSA) is 127 Å². The van der Waals surface area contributed by atoms with E-state index in [0.29, 0.717) is 25.8 Å². The van der Waals surface area contributed by atoms with E-state index in [0.717, 1.165) is 12.0 Å². The molecule has 1 aromatic rings. The number of ketones is 1. The second-order valence-electron chi connectivity index (χ2n) is 6.47. The van der Waals surface area contributed by atoms with Crippen LogP contribution in [0.4, 0.5) is 0 Å². The molecule has 2 amide bonds. The smallest absolute Gasteiger partial charge is 0.242 e. The minimum atomic E-state index is -0.820. The summed E-state index contributed by atoms with van der Waals surface area (Å²) in [5.41, 5.74) is 12.3. The molecule has 6 N–H and O–H groups in total. The molecule has 0 aliphatic heterocycles. The Kier molecular flexibility index (Phi) is 10.6. The highest BCUT2D eigenvalue weighted by Gasteiger charge is 2.24. The monoisotopic (exact) mass is 396 g/mol. The number of carbonyl (C=O) groups is 3. The van der Waals surface area contributed by atoms with Gasteiger partial charge in [-0.2, -0.15) is 0 Å². The van der Waals surface area contributed by atoms with Crippen molar-refractivity contribution >= 4 is 29.2 Å². The predicted octanol–water partition coefficient (Wildman–Crippen LogP) is 0.483. The Balaban J connectivity index is 2.54. The molecule has 0 radical (unpaired) electrons. The van der Waals surface area contributed by atoms with Gasteiger partial charge in [0.2, 0.25) is 11.8 Å². The van der Waals surface area contributed by atoms with E-state index >= 15 is 0 Å². The minimum absolute atomic E-state index is 0.184. The van der Waals surface area contributed by atoms with Gasteiger partial charge in [-0.1, -0.05) is 30.3 Å². The fourth-order valence-electron chi connectivity index (χ4n) is 2.54. The Hall–Kier alpha value is -1.96. The second-order valence-corrected chi connectivity index (χ2v) is 6.74. The van der Waals surface area contributed by atoms with Crippen LogP contribution in [0.3, 0.4) is 0 Å². The van der Waals surface area contributed by atoms with Gasteiger partial charge >= 0.3 is 0 Å². The first-order chi connectivity index (χ1) is 12.9. The van der Waals surface area contributed by atoms with E-state index in [4.69, 9.17) is 23.1 Å². The van der Waals surface area contributed by atoms with Crippen molar-refractivity contribution in [3.63, 3.8) is 0 Å². The van der Waals surface area contributed by atoms with Crippen molar-refractivity contribution < 1.29 is 14.4 Å². The van der Waals surface area contributed by atoms with E-state index in [1.807, 2.05) is 30.3 Å². The molecule has 1 aromatic carbocycles. The van der Waals surface area contributed by atoms with Crippen LogP contribution in [0.1, 0.15) is 31.7 Å². The minimum Gasteiger partial charge on any atom is -0.344 e. The Morgan fingerprint density at radius 3 is 2.33 bits per heavy atom. The summed E-state index contributed by atoms with van der Waals surface area (Å²) < 4.78 is 0. The molecule has 8 heteroatoms. The fraction of sp³-hybridized carbons (Fsp3) is 0.526. The first-order valence-electron chi connectivity index (χ1n) is 9.08. The molecule has 0 heterocycles. The van der Waals surface area contributed by atoms with Crippen LogP contribution < -0.4 is 22.1 Å². The van der Waals surface area contributed by atoms with Crippen LogP contribution in [-0.2, 0) is 20.8 Å². The van der Waals surface area contributed by atoms with Gasteiger partial charge in [-0.25, -0.2) is 0 Å². The molecule has 1 unspecified atom stereocenters.